The van der Waals surface area contributed by atoms with Crippen molar-refractivity contribution in [3.63, 3.8) is 0 Å². The molecule has 0 saturated heterocycles. The quantitative estimate of drug-likeness (QED) is 0.673. The highest BCUT2D eigenvalue weighted by Gasteiger charge is 2.33. The number of hydrogen-bond donors (Lipinski definition) is 2. The summed E-state index contributed by atoms with van der Waals surface area (Å²) < 4.78 is 29.7. The number of aliphatic carboxylic acids is 1. The molecule has 2 N–H and O–H groups in total. The second-order valence-corrected chi connectivity index (χ2v) is 6.42. The van der Waals surface area contributed by atoms with Gasteiger partial charge in [-0.15, -0.1) is 0 Å². The minimum Gasteiger partial charge on any atom is -0.480 e. The van der Waals surface area contributed by atoms with Gasteiger partial charge in [-0.1, -0.05) is 19.3 Å². The van der Waals surface area contributed by atoms with Crippen molar-refractivity contribution in [2.75, 3.05) is 12.9 Å². The third kappa shape index (κ3) is 5.15. The van der Waals surface area contributed by atoms with E-state index in [4.69, 9.17) is 5.11 Å². The molecule has 8 heteroatoms. The van der Waals surface area contributed by atoms with Gasteiger partial charge < -0.3 is 9.84 Å². The van der Waals surface area contributed by atoms with Crippen molar-refractivity contribution in [2.45, 2.75) is 38.1 Å². The minimum atomic E-state index is -3.99. The summed E-state index contributed by atoms with van der Waals surface area (Å²) in [5.41, 5.74) is 0. The summed E-state index contributed by atoms with van der Waals surface area (Å²) in [6.07, 6.45) is 4.19. The molecule has 1 unspecified atom stereocenters. The van der Waals surface area contributed by atoms with Crippen molar-refractivity contribution in [2.24, 2.45) is 5.92 Å². The predicted octanol–water partition coefficient (Wildman–Crippen LogP) is 0.112. The molecule has 1 saturated carbocycles. The molecule has 0 radical (unpaired) electrons. The van der Waals surface area contributed by atoms with Crippen LogP contribution in [0.3, 0.4) is 0 Å². The van der Waals surface area contributed by atoms with Crippen LogP contribution in [0.15, 0.2) is 0 Å². The van der Waals surface area contributed by atoms with Crippen molar-refractivity contribution < 1.29 is 27.9 Å². The molecule has 1 rings (SSSR count). The van der Waals surface area contributed by atoms with Gasteiger partial charge >= 0.3 is 11.9 Å². The van der Waals surface area contributed by atoms with Gasteiger partial charge in [-0.25, -0.2) is 13.1 Å². The van der Waals surface area contributed by atoms with E-state index in [0.29, 0.717) is 12.8 Å². The molecule has 1 atom stereocenters. The number of esters is 1. The number of carboxylic acid groups (broad SMARTS) is 1. The highest BCUT2D eigenvalue weighted by molar-refractivity contribution is 7.90. The zero-order valence-electron chi connectivity index (χ0n) is 10.8. The molecule has 19 heavy (non-hydrogen) atoms. The van der Waals surface area contributed by atoms with E-state index in [1.165, 1.54) is 0 Å². The van der Waals surface area contributed by atoms with Crippen molar-refractivity contribution in [3.05, 3.63) is 0 Å². The summed E-state index contributed by atoms with van der Waals surface area (Å²) in [4.78, 5) is 22.2. The molecule has 1 aliphatic carbocycles. The maximum absolute atomic E-state index is 11.7. The molecule has 0 aromatic rings. The van der Waals surface area contributed by atoms with Crippen LogP contribution in [-0.2, 0) is 24.3 Å². The maximum atomic E-state index is 11.7. The molecule has 110 valence electrons. The number of sulfonamides is 1. The van der Waals surface area contributed by atoms with E-state index in [0.717, 1.165) is 26.4 Å². The average Bonchev–Trinajstić information content (AvgIpc) is 2.36. The average molecular weight is 293 g/mol. The van der Waals surface area contributed by atoms with E-state index < -0.39 is 33.8 Å². The lowest BCUT2D eigenvalue weighted by Gasteiger charge is -2.27. The molecule has 0 aromatic heterocycles. The topological polar surface area (TPSA) is 110 Å². The van der Waals surface area contributed by atoms with Crippen molar-refractivity contribution >= 4 is 22.0 Å². The molecule has 0 aliphatic heterocycles. The van der Waals surface area contributed by atoms with Gasteiger partial charge in [-0.2, -0.15) is 0 Å². The molecule has 7 nitrogen and oxygen atoms in total. The van der Waals surface area contributed by atoms with E-state index in [9.17, 15) is 18.0 Å². The second-order valence-electron chi connectivity index (χ2n) is 4.67. The van der Waals surface area contributed by atoms with Crippen LogP contribution in [0.5, 0.6) is 0 Å². The van der Waals surface area contributed by atoms with Gasteiger partial charge in [0.05, 0.1) is 7.11 Å². The number of ether oxygens (including phenoxy) is 1. The lowest BCUT2D eigenvalue weighted by Crippen LogP contribution is -2.48. The minimum absolute atomic E-state index is 0.223. The van der Waals surface area contributed by atoms with Crippen LogP contribution < -0.4 is 4.72 Å². The molecule has 1 aliphatic rings. The first-order valence-electron chi connectivity index (χ1n) is 6.15. The number of hydrogen-bond acceptors (Lipinski definition) is 5. The number of carbonyl (C=O) groups is 2. The van der Waals surface area contributed by atoms with E-state index in [1.807, 2.05) is 0 Å². The standard InChI is InChI=1S/C11H19NO6S/c1-18-9(13)7-19(16,17)12-10(11(14)15)8-5-3-2-4-6-8/h8,10,12H,2-7H2,1H3,(H,14,15). The van der Waals surface area contributed by atoms with Crippen LogP contribution in [0.2, 0.25) is 0 Å². The third-order valence-corrected chi connectivity index (χ3v) is 4.46. The van der Waals surface area contributed by atoms with E-state index >= 15 is 0 Å². The van der Waals surface area contributed by atoms with E-state index in [-0.39, 0.29) is 5.92 Å². The van der Waals surface area contributed by atoms with Gasteiger partial charge in [-0.05, 0) is 18.8 Å². The Balaban J connectivity index is 2.72. The number of carbonyl (C=O) groups excluding carboxylic acids is 1. The van der Waals surface area contributed by atoms with Gasteiger partial charge in [0.2, 0.25) is 10.0 Å². The van der Waals surface area contributed by atoms with Crippen LogP contribution in [0, 0.1) is 5.92 Å². The van der Waals surface area contributed by atoms with Gasteiger partial charge in [0.25, 0.3) is 0 Å². The highest BCUT2D eigenvalue weighted by atomic mass is 32.2. The lowest BCUT2D eigenvalue weighted by molar-refractivity contribution is -0.141. The Morgan fingerprint density at radius 3 is 2.37 bits per heavy atom. The maximum Gasteiger partial charge on any atom is 0.322 e. The van der Waals surface area contributed by atoms with Crippen LogP contribution >= 0.6 is 0 Å². The van der Waals surface area contributed by atoms with Crippen LogP contribution in [-0.4, -0.2) is 44.4 Å². The number of carboxylic acids is 1. The Morgan fingerprint density at radius 1 is 1.32 bits per heavy atom. The second kappa shape index (κ2) is 6.85. The number of nitrogens with one attached hydrogen (secondary N) is 1. The fraction of sp³-hybridized carbons (Fsp3) is 0.818. The smallest absolute Gasteiger partial charge is 0.322 e. The lowest BCUT2D eigenvalue weighted by atomic mass is 9.84. The summed E-state index contributed by atoms with van der Waals surface area (Å²) in [5, 5.41) is 9.14. The Bertz CT molecular complexity index is 426. The number of rotatable bonds is 6. The zero-order valence-corrected chi connectivity index (χ0v) is 11.6. The summed E-state index contributed by atoms with van der Waals surface area (Å²) in [6, 6.07) is -1.17. The molecule has 0 spiro atoms. The van der Waals surface area contributed by atoms with Gasteiger partial charge in [0.15, 0.2) is 5.75 Å². The third-order valence-electron chi connectivity index (χ3n) is 3.23. The van der Waals surface area contributed by atoms with Gasteiger partial charge in [0, 0.05) is 0 Å². The summed E-state index contributed by atoms with van der Waals surface area (Å²) in [7, 11) is -2.91. The van der Waals surface area contributed by atoms with Crippen LogP contribution in [0.4, 0.5) is 0 Å². The van der Waals surface area contributed by atoms with E-state index in [2.05, 4.69) is 9.46 Å². The summed E-state index contributed by atoms with van der Waals surface area (Å²) in [6.45, 7) is 0. The largest absolute Gasteiger partial charge is 0.480 e. The van der Waals surface area contributed by atoms with Gasteiger partial charge in [-0.3, -0.25) is 9.59 Å². The predicted molar refractivity (Wildman–Crippen MR) is 66.9 cm³/mol. The normalized spacial score (nSPS) is 18.8. The van der Waals surface area contributed by atoms with Crippen LogP contribution in [0.1, 0.15) is 32.1 Å². The Kier molecular flexibility index (Phi) is 5.74. The fourth-order valence-electron chi connectivity index (χ4n) is 2.26. The first kappa shape index (κ1) is 15.9. The van der Waals surface area contributed by atoms with Crippen LogP contribution in [0.25, 0.3) is 0 Å². The summed E-state index contributed by atoms with van der Waals surface area (Å²) >= 11 is 0. The highest BCUT2D eigenvalue weighted by Crippen LogP contribution is 2.27. The van der Waals surface area contributed by atoms with E-state index in [1.54, 1.807) is 0 Å². The van der Waals surface area contributed by atoms with Gasteiger partial charge in [0.1, 0.15) is 6.04 Å². The number of methoxy groups -OCH3 is 1. The Hall–Kier alpha value is -1.15. The molecule has 0 bridgehead atoms. The van der Waals surface area contributed by atoms with Crippen molar-refractivity contribution in [1.29, 1.82) is 0 Å². The summed E-state index contributed by atoms with van der Waals surface area (Å²) in [5.74, 6) is -3.21. The Morgan fingerprint density at radius 2 is 1.89 bits per heavy atom. The first-order chi connectivity index (χ1) is 8.85. The molecule has 0 amide bonds. The fourth-order valence-corrected chi connectivity index (χ4v) is 3.46. The molecule has 0 heterocycles. The zero-order chi connectivity index (χ0) is 14.5. The SMILES string of the molecule is COC(=O)CS(=O)(=O)NC(C(=O)O)C1CCCCC1. The molecule has 0 aromatic carbocycles. The molecule has 1 fully saturated rings. The Labute approximate surface area is 112 Å². The van der Waals surface area contributed by atoms with Crippen molar-refractivity contribution in [1.82, 2.24) is 4.72 Å². The monoisotopic (exact) mass is 293 g/mol. The van der Waals surface area contributed by atoms with Crippen molar-refractivity contribution in [3.8, 4) is 0 Å². The molecular weight excluding hydrogens is 274 g/mol. The first-order valence-corrected chi connectivity index (χ1v) is 7.80. The molecular formula is C11H19NO6S.